The van der Waals surface area contributed by atoms with Crippen LogP contribution in [0.15, 0.2) is 43.0 Å². The summed E-state index contributed by atoms with van der Waals surface area (Å²) in [6, 6.07) is 8.99. The Morgan fingerprint density at radius 2 is 1.88 bits per heavy atom. The van der Waals surface area contributed by atoms with Crippen LogP contribution in [0.25, 0.3) is 11.2 Å². The van der Waals surface area contributed by atoms with Gasteiger partial charge in [-0.3, -0.25) is 4.79 Å². The SMILES string of the molecule is O=C(Nc1ncnc2c1ncn2C1CC(CO)(CO)C1)c1ccccc1. The van der Waals surface area contributed by atoms with Gasteiger partial charge in [-0.25, -0.2) is 15.0 Å². The average Bonchev–Trinajstić information content (AvgIpc) is 3.07. The van der Waals surface area contributed by atoms with Crippen LogP contribution in [0.1, 0.15) is 29.2 Å². The molecule has 1 amide bonds. The van der Waals surface area contributed by atoms with Crippen molar-refractivity contribution in [2.45, 2.75) is 18.9 Å². The average molecular weight is 353 g/mol. The fourth-order valence-corrected chi connectivity index (χ4v) is 3.42. The second-order valence-corrected chi connectivity index (χ2v) is 6.74. The summed E-state index contributed by atoms with van der Waals surface area (Å²) in [5, 5.41) is 21.7. The second-order valence-electron chi connectivity index (χ2n) is 6.74. The smallest absolute Gasteiger partial charge is 0.256 e. The highest BCUT2D eigenvalue weighted by atomic mass is 16.3. The molecule has 4 rings (SSSR count). The summed E-state index contributed by atoms with van der Waals surface area (Å²) in [5.41, 5.74) is 1.24. The molecular weight excluding hydrogens is 334 g/mol. The van der Waals surface area contributed by atoms with Gasteiger partial charge >= 0.3 is 0 Å². The number of aliphatic hydroxyl groups excluding tert-OH is 2. The van der Waals surface area contributed by atoms with Crippen LogP contribution in [0.2, 0.25) is 0 Å². The molecule has 134 valence electrons. The number of nitrogens with one attached hydrogen (secondary N) is 1. The summed E-state index contributed by atoms with van der Waals surface area (Å²) in [6.45, 7) is -0.0833. The van der Waals surface area contributed by atoms with E-state index in [1.54, 1.807) is 30.6 Å². The van der Waals surface area contributed by atoms with Gasteiger partial charge in [0.25, 0.3) is 5.91 Å². The minimum atomic E-state index is -0.432. The maximum atomic E-state index is 12.4. The Balaban J connectivity index is 1.59. The number of hydrogen-bond acceptors (Lipinski definition) is 6. The van der Waals surface area contributed by atoms with Crippen LogP contribution >= 0.6 is 0 Å². The Kier molecular flexibility index (Phi) is 4.14. The first-order chi connectivity index (χ1) is 12.7. The number of nitrogens with zero attached hydrogens (tertiary/aromatic N) is 4. The minimum absolute atomic E-state index is 0.0417. The number of imidazole rings is 1. The molecule has 0 unspecified atom stereocenters. The summed E-state index contributed by atoms with van der Waals surface area (Å²) in [7, 11) is 0. The predicted octanol–water partition coefficient (Wildman–Crippen LogP) is 1.38. The van der Waals surface area contributed by atoms with Crippen LogP contribution in [0, 0.1) is 5.41 Å². The molecule has 26 heavy (non-hydrogen) atoms. The summed E-state index contributed by atoms with van der Waals surface area (Å²) in [5.74, 6) is 0.0980. The highest BCUT2D eigenvalue weighted by Crippen LogP contribution is 2.48. The number of anilines is 1. The fourth-order valence-electron chi connectivity index (χ4n) is 3.42. The van der Waals surface area contributed by atoms with Crippen molar-refractivity contribution < 1.29 is 15.0 Å². The van der Waals surface area contributed by atoms with E-state index in [1.165, 1.54) is 6.33 Å². The maximum Gasteiger partial charge on any atom is 0.256 e. The number of fused-ring (bicyclic) bond motifs is 1. The van der Waals surface area contributed by atoms with E-state index in [0.717, 1.165) is 0 Å². The molecule has 8 nitrogen and oxygen atoms in total. The number of aliphatic hydroxyl groups is 2. The van der Waals surface area contributed by atoms with E-state index in [-0.39, 0.29) is 25.2 Å². The van der Waals surface area contributed by atoms with E-state index in [0.29, 0.717) is 35.4 Å². The Labute approximate surface area is 149 Å². The fraction of sp³-hybridized carbons (Fsp3) is 0.333. The Bertz CT molecular complexity index is 928. The number of carbonyl (C=O) groups excluding carboxylic acids is 1. The largest absolute Gasteiger partial charge is 0.396 e. The van der Waals surface area contributed by atoms with Gasteiger partial charge in [0, 0.05) is 17.0 Å². The molecule has 1 fully saturated rings. The normalized spacial score (nSPS) is 16.4. The van der Waals surface area contributed by atoms with Crippen LogP contribution < -0.4 is 5.32 Å². The molecule has 2 heterocycles. The summed E-state index contributed by atoms with van der Waals surface area (Å²) in [4.78, 5) is 25.2. The molecule has 3 N–H and O–H groups in total. The minimum Gasteiger partial charge on any atom is -0.396 e. The van der Waals surface area contributed by atoms with E-state index in [9.17, 15) is 15.0 Å². The van der Waals surface area contributed by atoms with Crippen LogP contribution in [-0.2, 0) is 0 Å². The van der Waals surface area contributed by atoms with Crippen molar-refractivity contribution in [3.8, 4) is 0 Å². The summed E-state index contributed by atoms with van der Waals surface area (Å²) >= 11 is 0. The predicted molar refractivity (Wildman–Crippen MR) is 94.6 cm³/mol. The van der Waals surface area contributed by atoms with E-state index in [2.05, 4.69) is 20.3 Å². The van der Waals surface area contributed by atoms with Gasteiger partial charge in [-0.15, -0.1) is 0 Å². The van der Waals surface area contributed by atoms with E-state index >= 15 is 0 Å². The van der Waals surface area contributed by atoms with Crippen LogP contribution in [0.3, 0.4) is 0 Å². The van der Waals surface area contributed by atoms with Gasteiger partial charge in [0.1, 0.15) is 6.33 Å². The van der Waals surface area contributed by atoms with Gasteiger partial charge in [-0.2, -0.15) is 0 Å². The first-order valence-corrected chi connectivity index (χ1v) is 8.41. The lowest BCUT2D eigenvalue weighted by molar-refractivity contribution is -0.0421. The lowest BCUT2D eigenvalue weighted by Gasteiger charge is -2.45. The third kappa shape index (κ3) is 2.73. The van der Waals surface area contributed by atoms with E-state index in [1.807, 2.05) is 10.6 Å². The number of aromatic nitrogens is 4. The molecule has 1 aromatic carbocycles. The van der Waals surface area contributed by atoms with Crippen molar-refractivity contribution >= 4 is 22.9 Å². The van der Waals surface area contributed by atoms with Crippen molar-refractivity contribution in [3.63, 3.8) is 0 Å². The van der Waals surface area contributed by atoms with Crippen molar-refractivity contribution in [3.05, 3.63) is 48.5 Å². The second kappa shape index (κ2) is 6.47. The first kappa shape index (κ1) is 16.6. The molecule has 0 atom stereocenters. The van der Waals surface area contributed by atoms with Gasteiger partial charge in [0.05, 0.1) is 19.5 Å². The topological polar surface area (TPSA) is 113 Å². The van der Waals surface area contributed by atoms with Crippen molar-refractivity contribution in [2.75, 3.05) is 18.5 Å². The molecular formula is C18H19N5O3. The molecule has 0 aliphatic heterocycles. The molecule has 0 spiro atoms. The summed E-state index contributed by atoms with van der Waals surface area (Å²) < 4.78 is 1.92. The van der Waals surface area contributed by atoms with Crippen molar-refractivity contribution in [1.29, 1.82) is 0 Å². The van der Waals surface area contributed by atoms with Gasteiger partial charge in [0.2, 0.25) is 0 Å². The Morgan fingerprint density at radius 3 is 2.58 bits per heavy atom. The molecule has 3 aromatic rings. The quantitative estimate of drug-likeness (QED) is 0.639. The highest BCUT2D eigenvalue weighted by molar-refractivity contribution is 6.06. The molecule has 0 radical (unpaired) electrons. The third-order valence-corrected chi connectivity index (χ3v) is 5.03. The van der Waals surface area contributed by atoms with Crippen molar-refractivity contribution in [2.24, 2.45) is 5.41 Å². The molecule has 8 heteroatoms. The van der Waals surface area contributed by atoms with Crippen LogP contribution in [0.5, 0.6) is 0 Å². The molecule has 2 aromatic heterocycles. The lowest BCUT2D eigenvalue weighted by Crippen LogP contribution is -2.44. The number of amides is 1. The Hall–Kier alpha value is -2.84. The molecule has 1 aliphatic rings. The van der Waals surface area contributed by atoms with E-state index in [4.69, 9.17) is 0 Å². The Morgan fingerprint density at radius 1 is 1.15 bits per heavy atom. The van der Waals surface area contributed by atoms with Crippen LogP contribution in [-0.4, -0.2) is 48.9 Å². The summed E-state index contributed by atoms with van der Waals surface area (Å²) in [6.07, 6.45) is 4.37. The highest BCUT2D eigenvalue weighted by Gasteiger charge is 2.44. The van der Waals surface area contributed by atoms with Gasteiger partial charge in [-0.05, 0) is 25.0 Å². The van der Waals surface area contributed by atoms with Crippen molar-refractivity contribution in [1.82, 2.24) is 19.5 Å². The van der Waals surface area contributed by atoms with E-state index < -0.39 is 5.41 Å². The number of carbonyl (C=O) groups is 1. The standard InChI is InChI=1S/C18H19N5O3/c24-8-18(9-25)6-13(7-18)23-11-21-14-15(19-10-20-16(14)23)22-17(26)12-4-2-1-3-5-12/h1-5,10-11,13,24-25H,6-9H2,(H,19,20,22,26). The maximum absolute atomic E-state index is 12.4. The third-order valence-electron chi connectivity index (χ3n) is 5.03. The number of benzene rings is 1. The molecule has 1 saturated carbocycles. The van der Waals surface area contributed by atoms with Gasteiger partial charge < -0.3 is 20.1 Å². The zero-order valence-corrected chi connectivity index (χ0v) is 14.0. The molecule has 1 aliphatic carbocycles. The molecule has 0 bridgehead atoms. The lowest BCUT2D eigenvalue weighted by atomic mass is 9.66. The van der Waals surface area contributed by atoms with Crippen LogP contribution in [0.4, 0.5) is 5.82 Å². The number of rotatable bonds is 5. The number of hydrogen-bond donors (Lipinski definition) is 3. The zero-order chi connectivity index (χ0) is 18.1. The zero-order valence-electron chi connectivity index (χ0n) is 14.0. The van der Waals surface area contributed by atoms with Gasteiger partial charge in [0.15, 0.2) is 17.0 Å². The van der Waals surface area contributed by atoms with Gasteiger partial charge in [-0.1, -0.05) is 18.2 Å². The first-order valence-electron chi connectivity index (χ1n) is 8.41. The molecule has 0 saturated heterocycles. The monoisotopic (exact) mass is 353 g/mol.